The van der Waals surface area contributed by atoms with Crippen LogP contribution in [0.2, 0.25) is 10.0 Å². The number of nitrogens with one attached hydrogen (secondary N) is 2. The number of ether oxygens (including phenoxy) is 1. The van der Waals surface area contributed by atoms with Crippen LogP contribution in [-0.4, -0.2) is 54.5 Å². The lowest BCUT2D eigenvalue weighted by Gasteiger charge is -2.13. The summed E-state index contributed by atoms with van der Waals surface area (Å²) in [5, 5.41) is 22.5. The minimum absolute atomic E-state index is 0.00595. The molecule has 4 rings (SSSR count). The van der Waals surface area contributed by atoms with E-state index in [0.717, 1.165) is 0 Å². The minimum atomic E-state index is -0.857. The number of aromatic amines is 1. The van der Waals surface area contributed by atoms with E-state index in [2.05, 4.69) is 20.3 Å². The average molecular weight is 454 g/mol. The number of fused-ring (bicyclic) bond motifs is 1. The molecule has 158 valence electrons. The number of nitrogens with zero attached hydrogens (tertiary/aromatic N) is 3. The van der Waals surface area contributed by atoms with Gasteiger partial charge in [0.05, 0.1) is 35.5 Å². The first-order valence-electron chi connectivity index (χ1n) is 9.00. The Labute approximate surface area is 179 Å². The summed E-state index contributed by atoms with van der Waals surface area (Å²) in [6.45, 7) is -0.339. The van der Waals surface area contributed by atoms with Crippen LogP contribution < -0.4 is 10.9 Å². The van der Waals surface area contributed by atoms with Gasteiger partial charge in [0.15, 0.2) is 11.2 Å². The highest BCUT2D eigenvalue weighted by atomic mass is 35.5. The smallest absolute Gasteiger partial charge is 0.280 e. The van der Waals surface area contributed by atoms with Crippen LogP contribution in [0.1, 0.15) is 18.2 Å². The molecular weight excluding hydrogens is 437 g/mol. The van der Waals surface area contributed by atoms with E-state index < -0.39 is 29.9 Å². The van der Waals surface area contributed by atoms with E-state index in [1.165, 1.54) is 10.9 Å². The van der Waals surface area contributed by atoms with E-state index in [1.807, 2.05) is 0 Å². The molecule has 1 fully saturated rings. The second-order valence-corrected chi connectivity index (χ2v) is 7.64. The Kier molecular flexibility index (Phi) is 5.76. The molecule has 10 nitrogen and oxygen atoms in total. The van der Waals surface area contributed by atoms with Gasteiger partial charge in [0.25, 0.3) is 5.56 Å². The Balaban J connectivity index is 1.57. The molecule has 1 unspecified atom stereocenters. The molecular formula is C18H17Cl2N5O5. The van der Waals surface area contributed by atoms with Gasteiger partial charge in [-0.2, -0.15) is 4.98 Å². The van der Waals surface area contributed by atoms with Gasteiger partial charge in [-0.25, -0.2) is 4.98 Å². The molecule has 1 aromatic carbocycles. The molecule has 1 saturated heterocycles. The highest BCUT2D eigenvalue weighted by molar-refractivity contribution is 6.42. The third kappa shape index (κ3) is 4.05. The first kappa shape index (κ1) is 20.8. The number of hydrogen-bond acceptors (Lipinski definition) is 7. The van der Waals surface area contributed by atoms with Crippen LogP contribution in [0, 0.1) is 0 Å². The largest absolute Gasteiger partial charge is 0.394 e. The topological polar surface area (TPSA) is 142 Å². The van der Waals surface area contributed by atoms with Gasteiger partial charge >= 0.3 is 0 Å². The molecule has 1 amide bonds. The van der Waals surface area contributed by atoms with Crippen molar-refractivity contribution in [1.82, 2.24) is 19.5 Å². The quantitative estimate of drug-likeness (QED) is 0.455. The van der Waals surface area contributed by atoms with Crippen LogP contribution in [0.4, 0.5) is 5.95 Å². The normalized spacial score (nSPS) is 21.3. The summed E-state index contributed by atoms with van der Waals surface area (Å²) in [6, 6.07) is 4.84. The van der Waals surface area contributed by atoms with Crippen LogP contribution in [0.3, 0.4) is 0 Å². The fourth-order valence-corrected chi connectivity index (χ4v) is 3.58. The molecule has 30 heavy (non-hydrogen) atoms. The van der Waals surface area contributed by atoms with Crippen molar-refractivity contribution in [3.05, 3.63) is 50.5 Å². The fourth-order valence-electron chi connectivity index (χ4n) is 3.26. The molecule has 0 aliphatic carbocycles. The number of hydrogen-bond donors (Lipinski definition) is 4. The number of carbonyl (C=O) groups excluding carboxylic acids is 1. The molecule has 12 heteroatoms. The molecule has 0 bridgehead atoms. The number of anilines is 1. The summed E-state index contributed by atoms with van der Waals surface area (Å²) in [7, 11) is 0. The number of aromatic nitrogens is 4. The first-order chi connectivity index (χ1) is 14.4. The number of aliphatic hydroxyl groups is 2. The maximum atomic E-state index is 12.4. The Bertz CT molecular complexity index is 1160. The van der Waals surface area contributed by atoms with Crippen molar-refractivity contribution in [3.63, 3.8) is 0 Å². The maximum absolute atomic E-state index is 12.4. The number of halogens is 2. The molecule has 3 atom stereocenters. The van der Waals surface area contributed by atoms with Crippen molar-refractivity contribution >= 4 is 46.2 Å². The van der Waals surface area contributed by atoms with Gasteiger partial charge < -0.3 is 14.9 Å². The Morgan fingerprint density at radius 3 is 2.87 bits per heavy atom. The van der Waals surface area contributed by atoms with Crippen LogP contribution in [0.25, 0.3) is 11.2 Å². The van der Waals surface area contributed by atoms with E-state index in [-0.39, 0.29) is 36.6 Å². The summed E-state index contributed by atoms with van der Waals surface area (Å²) in [6.07, 6.45) is -0.690. The van der Waals surface area contributed by atoms with Crippen molar-refractivity contribution in [2.75, 3.05) is 11.9 Å². The number of amides is 1. The second-order valence-electron chi connectivity index (χ2n) is 6.83. The molecule has 0 saturated carbocycles. The van der Waals surface area contributed by atoms with Gasteiger partial charge in [-0.15, -0.1) is 0 Å². The third-order valence-electron chi connectivity index (χ3n) is 4.73. The monoisotopic (exact) mass is 453 g/mol. The zero-order valence-corrected chi connectivity index (χ0v) is 16.9. The third-order valence-corrected chi connectivity index (χ3v) is 5.47. The van der Waals surface area contributed by atoms with Crippen LogP contribution >= 0.6 is 23.2 Å². The molecule has 1 aliphatic heterocycles. The lowest BCUT2D eigenvalue weighted by atomic mass is 10.1. The van der Waals surface area contributed by atoms with Gasteiger partial charge in [-0.05, 0) is 17.7 Å². The molecule has 2 aromatic heterocycles. The van der Waals surface area contributed by atoms with Crippen LogP contribution in [-0.2, 0) is 16.0 Å². The zero-order chi connectivity index (χ0) is 21.4. The number of carbonyl (C=O) groups is 1. The van der Waals surface area contributed by atoms with Crippen LogP contribution in [0.5, 0.6) is 0 Å². The predicted molar refractivity (Wildman–Crippen MR) is 109 cm³/mol. The summed E-state index contributed by atoms with van der Waals surface area (Å²) in [5.41, 5.74) is 0.335. The first-order valence-corrected chi connectivity index (χ1v) is 9.76. The Morgan fingerprint density at radius 1 is 1.37 bits per heavy atom. The Morgan fingerprint density at radius 2 is 2.17 bits per heavy atom. The van der Waals surface area contributed by atoms with Gasteiger partial charge in [-0.3, -0.25) is 24.5 Å². The number of H-pyrrole nitrogens is 1. The van der Waals surface area contributed by atoms with E-state index >= 15 is 0 Å². The van der Waals surface area contributed by atoms with E-state index in [4.69, 9.17) is 27.9 Å². The van der Waals surface area contributed by atoms with E-state index in [1.54, 1.807) is 18.2 Å². The number of imidazole rings is 1. The zero-order valence-electron chi connectivity index (χ0n) is 15.4. The summed E-state index contributed by atoms with van der Waals surface area (Å²) >= 11 is 11.8. The van der Waals surface area contributed by atoms with Gasteiger partial charge in [-0.1, -0.05) is 29.3 Å². The molecule has 0 radical (unpaired) electrons. The van der Waals surface area contributed by atoms with E-state index in [9.17, 15) is 19.8 Å². The maximum Gasteiger partial charge on any atom is 0.280 e. The number of aliphatic hydroxyl groups excluding tert-OH is 2. The second kappa shape index (κ2) is 8.32. The molecule has 4 N–H and O–H groups in total. The Hall–Kier alpha value is -2.50. The predicted octanol–water partition coefficient (Wildman–Crippen LogP) is 1.25. The summed E-state index contributed by atoms with van der Waals surface area (Å²) in [4.78, 5) is 35.5. The highest BCUT2D eigenvalue weighted by Gasteiger charge is 2.35. The molecule has 3 aromatic rings. The standard InChI is InChI=1S/C18H17Cl2N5O5/c19-9-2-1-8(3-10(9)20)4-13(28)22-18-23-16-15(17(29)24-18)21-7-25(16)14-5-11(27)12(6-26)30-14/h1-3,7,11-12,14,26-27H,4-6H2,(H2,22,23,24,28,29)/t11?,12-,14-/m1/s1. The van der Waals surface area contributed by atoms with Crippen molar-refractivity contribution in [2.24, 2.45) is 0 Å². The van der Waals surface area contributed by atoms with Crippen molar-refractivity contribution in [3.8, 4) is 0 Å². The molecule has 1 aliphatic rings. The van der Waals surface area contributed by atoms with Crippen LogP contribution in [0.15, 0.2) is 29.3 Å². The number of benzene rings is 1. The summed E-state index contributed by atoms with van der Waals surface area (Å²) < 4.78 is 7.08. The van der Waals surface area contributed by atoms with Crippen molar-refractivity contribution in [2.45, 2.75) is 31.3 Å². The summed E-state index contributed by atoms with van der Waals surface area (Å²) in [5.74, 6) is -0.480. The SMILES string of the molecule is O=C(Cc1ccc(Cl)c(Cl)c1)Nc1nc2c(ncn2[C@H]2CC(O)[C@@H](CO)O2)c(=O)[nH]1. The number of rotatable bonds is 5. The molecule has 0 spiro atoms. The molecule has 3 heterocycles. The van der Waals surface area contributed by atoms with Crippen molar-refractivity contribution in [1.29, 1.82) is 0 Å². The average Bonchev–Trinajstić information content (AvgIpc) is 3.28. The minimum Gasteiger partial charge on any atom is -0.394 e. The van der Waals surface area contributed by atoms with E-state index in [0.29, 0.717) is 15.6 Å². The lowest BCUT2D eigenvalue weighted by Crippen LogP contribution is -2.24. The van der Waals surface area contributed by atoms with Gasteiger partial charge in [0.1, 0.15) is 12.3 Å². The fraction of sp³-hybridized carbons (Fsp3) is 0.333. The van der Waals surface area contributed by atoms with Crippen molar-refractivity contribution < 1.29 is 19.7 Å². The van der Waals surface area contributed by atoms with Gasteiger partial charge in [0, 0.05) is 6.42 Å². The highest BCUT2D eigenvalue weighted by Crippen LogP contribution is 2.30. The van der Waals surface area contributed by atoms with Gasteiger partial charge in [0.2, 0.25) is 11.9 Å². The lowest BCUT2D eigenvalue weighted by molar-refractivity contribution is -0.115.